The SMILES string of the molecule is COC(=O)C1(C(C)C(C)O)CCCN1C(=O)OC(C)(C)C. The van der Waals surface area contributed by atoms with Gasteiger partial charge in [0.15, 0.2) is 0 Å². The van der Waals surface area contributed by atoms with E-state index >= 15 is 0 Å². The third-order valence-electron chi connectivity index (χ3n) is 4.05. The van der Waals surface area contributed by atoms with Gasteiger partial charge in [0, 0.05) is 12.5 Å². The molecule has 3 unspecified atom stereocenters. The van der Waals surface area contributed by atoms with E-state index in [1.54, 1.807) is 34.6 Å². The first-order chi connectivity index (χ1) is 9.56. The second-order valence-corrected chi connectivity index (χ2v) is 6.68. The third kappa shape index (κ3) is 3.48. The number of hydrogen-bond acceptors (Lipinski definition) is 5. The number of aliphatic hydroxyl groups is 1. The number of carbonyl (C=O) groups is 2. The molecule has 1 amide bonds. The van der Waals surface area contributed by atoms with Crippen LogP contribution < -0.4 is 0 Å². The summed E-state index contributed by atoms with van der Waals surface area (Å²) in [5.41, 5.74) is -1.80. The van der Waals surface area contributed by atoms with E-state index in [2.05, 4.69) is 0 Å². The molecule has 1 heterocycles. The molecule has 6 heteroatoms. The van der Waals surface area contributed by atoms with Crippen molar-refractivity contribution < 1.29 is 24.2 Å². The Kier molecular flexibility index (Phi) is 5.25. The molecule has 21 heavy (non-hydrogen) atoms. The largest absolute Gasteiger partial charge is 0.467 e. The summed E-state index contributed by atoms with van der Waals surface area (Å²) in [6, 6.07) is 0. The number of likely N-dealkylation sites (tertiary alicyclic amines) is 1. The summed E-state index contributed by atoms with van der Waals surface area (Å²) in [4.78, 5) is 26.2. The van der Waals surface area contributed by atoms with Gasteiger partial charge < -0.3 is 14.6 Å². The van der Waals surface area contributed by atoms with Crippen LogP contribution in [-0.4, -0.2) is 53.0 Å². The first-order valence-electron chi connectivity index (χ1n) is 7.33. The standard InChI is InChI=1S/C15H27NO5/c1-10(11(2)17)15(12(18)20-6)8-7-9-16(15)13(19)21-14(3,4)5/h10-11,17H,7-9H2,1-6H3. The van der Waals surface area contributed by atoms with Crippen LogP contribution in [0, 0.1) is 5.92 Å². The lowest BCUT2D eigenvalue weighted by molar-refractivity contribution is -0.159. The van der Waals surface area contributed by atoms with E-state index in [1.807, 2.05) is 0 Å². The first-order valence-corrected chi connectivity index (χ1v) is 7.33. The number of nitrogens with zero attached hydrogens (tertiary/aromatic N) is 1. The van der Waals surface area contributed by atoms with Gasteiger partial charge in [-0.25, -0.2) is 9.59 Å². The molecule has 0 aromatic carbocycles. The van der Waals surface area contributed by atoms with Gasteiger partial charge in [-0.15, -0.1) is 0 Å². The predicted molar refractivity (Wildman–Crippen MR) is 77.8 cm³/mol. The molecule has 0 radical (unpaired) electrons. The smallest absolute Gasteiger partial charge is 0.411 e. The molecule has 0 aromatic rings. The Morgan fingerprint density at radius 3 is 2.29 bits per heavy atom. The van der Waals surface area contributed by atoms with E-state index in [9.17, 15) is 14.7 Å². The summed E-state index contributed by atoms with van der Waals surface area (Å²) < 4.78 is 10.3. The number of ether oxygens (including phenoxy) is 2. The van der Waals surface area contributed by atoms with Crippen LogP contribution in [0.5, 0.6) is 0 Å². The summed E-state index contributed by atoms with van der Waals surface area (Å²) in [6.07, 6.45) is -0.152. The Hall–Kier alpha value is -1.30. The summed E-state index contributed by atoms with van der Waals surface area (Å²) in [6.45, 7) is 9.11. The van der Waals surface area contributed by atoms with Crippen molar-refractivity contribution in [3.05, 3.63) is 0 Å². The van der Waals surface area contributed by atoms with E-state index in [1.165, 1.54) is 12.0 Å². The number of esters is 1. The van der Waals surface area contributed by atoms with Crippen molar-refractivity contribution in [1.29, 1.82) is 0 Å². The van der Waals surface area contributed by atoms with Crippen LogP contribution in [0.25, 0.3) is 0 Å². The average molecular weight is 301 g/mol. The van der Waals surface area contributed by atoms with E-state index in [0.717, 1.165) is 0 Å². The van der Waals surface area contributed by atoms with Gasteiger partial charge in [-0.2, -0.15) is 0 Å². The van der Waals surface area contributed by atoms with E-state index in [-0.39, 0.29) is 0 Å². The lowest BCUT2D eigenvalue weighted by Gasteiger charge is -2.41. The normalized spacial score (nSPS) is 25.4. The minimum atomic E-state index is -1.16. The van der Waals surface area contributed by atoms with Crippen LogP contribution >= 0.6 is 0 Å². The highest BCUT2D eigenvalue weighted by atomic mass is 16.6. The van der Waals surface area contributed by atoms with E-state index in [4.69, 9.17) is 9.47 Å². The van der Waals surface area contributed by atoms with Gasteiger partial charge in [0.1, 0.15) is 11.1 Å². The molecule has 1 aliphatic heterocycles. The van der Waals surface area contributed by atoms with Crippen molar-refractivity contribution in [3.63, 3.8) is 0 Å². The second-order valence-electron chi connectivity index (χ2n) is 6.68. The lowest BCUT2D eigenvalue weighted by atomic mass is 9.79. The maximum atomic E-state index is 12.4. The fraction of sp³-hybridized carbons (Fsp3) is 0.867. The molecule has 1 saturated heterocycles. The van der Waals surface area contributed by atoms with Crippen molar-refractivity contribution in [1.82, 2.24) is 4.90 Å². The van der Waals surface area contributed by atoms with Gasteiger partial charge in [-0.1, -0.05) is 6.92 Å². The number of hydrogen-bond donors (Lipinski definition) is 1. The maximum Gasteiger partial charge on any atom is 0.411 e. The molecular weight excluding hydrogens is 274 g/mol. The molecule has 0 aliphatic carbocycles. The quantitative estimate of drug-likeness (QED) is 0.806. The first kappa shape index (κ1) is 17.8. The highest BCUT2D eigenvalue weighted by Gasteiger charge is 2.56. The monoisotopic (exact) mass is 301 g/mol. The molecule has 122 valence electrons. The van der Waals surface area contributed by atoms with Crippen LogP contribution in [0.3, 0.4) is 0 Å². The number of methoxy groups -OCH3 is 1. The van der Waals surface area contributed by atoms with Crippen LogP contribution in [0.4, 0.5) is 4.79 Å². The zero-order valence-electron chi connectivity index (χ0n) is 13.8. The molecule has 1 fully saturated rings. The van der Waals surface area contributed by atoms with E-state index < -0.39 is 35.2 Å². The summed E-state index contributed by atoms with van der Waals surface area (Å²) in [5, 5.41) is 9.94. The molecule has 0 bridgehead atoms. The molecule has 0 saturated carbocycles. The summed E-state index contributed by atoms with van der Waals surface area (Å²) >= 11 is 0. The van der Waals surface area contributed by atoms with Crippen LogP contribution in [0.15, 0.2) is 0 Å². The van der Waals surface area contributed by atoms with Crippen molar-refractivity contribution in [2.45, 2.75) is 64.7 Å². The number of aliphatic hydroxyl groups excluding tert-OH is 1. The Labute approximate surface area is 126 Å². The predicted octanol–water partition coefficient (Wildman–Crippen LogP) is 1.95. The number of carbonyl (C=O) groups excluding carboxylic acids is 2. The maximum absolute atomic E-state index is 12.4. The highest BCUT2D eigenvalue weighted by molar-refractivity contribution is 5.87. The lowest BCUT2D eigenvalue weighted by Crippen LogP contribution is -2.60. The third-order valence-corrected chi connectivity index (χ3v) is 4.05. The van der Waals surface area contributed by atoms with Gasteiger partial charge in [0.05, 0.1) is 13.2 Å². The van der Waals surface area contributed by atoms with Gasteiger partial charge in [0.2, 0.25) is 0 Å². The van der Waals surface area contributed by atoms with Gasteiger partial charge >= 0.3 is 12.1 Å². The van der Waals surface area contributed by atoms with Crippen molar-refractivity contribution in [2.24, 2.45) is 5.92 Å². The zero-order valence-corrected chi connectivity index (χ0v) is 13.8. The van der Waals surface area contributed by atoms with Gasteiger partial charge in [-0.3, -0.25) is 4.90 Å². The van der Waals surface area contributed by atoms with Crippen LogP contribution in [-0.2, 0) is 14.3 Å². The Balaban J connectivity index is 3.16. The molecule has 1 rings (SSSR count). The van der Waals surface area contributed by atoms with Crippen molar-refractivity contribution in [2.75, 3.05) is 13.7 Å². The summed E-state index contributed by atoms with van der Waals surface area (Å²) in [7, 11) is 1.30. The molecule has 1 N–H and O–H groups in total. The number of amides is 1. The molecule has 6 nitrogen and oxygen atoms in total. The highest BCUT2D eigenvalue weighted by Crippen LogP contribution is 2.39. The van der Waals surface area contributed by atoms with Gasteiger partial charge in [-0.05, 0) is 40.5 Å². The van der Waals surface area contributed by atoms with Crippen molar-refractivity contribution in [3.8, 4) is 0 Å². The Morgan fingerprint density at radius 2 is 1.86 bits per heavy atom. The molecular formula is C15H27NO5. The van der Waals surface area contributed by atoms with Crippen molar-refractivity contribution >= 4 is 12.1 Å². The molecule has 0 aromatic heterocycles. The van der Waals surface area contributed by atoms with Crippen LogP contribution in [0.1, 0.15) is 47.5 Å². The number of rotatable bonds is 3. The fourth-order valence-electron chi connectivity index (χ4n) is 2.86. The Morgan fingerprint density at radius 1 is 1.29 bits per heavy atom. The molecule has 1 aliphatic rings. The summed E-state index contributed by atoms with van der Waals surface area (Å²) in [5.74, 6) is -0.945. The van der Waals surface area contributed by atoms with E-state index in [0.29, 0.717) is 19.4 Å². The molecule has 0 spiro atoms. The second kappa shape index (κ2) is 6.22. The Bertz CT molecular complexity index is 401. The average Bonchev–Trinajstić information content (AvgIpc) is 2.80. The topological polar surface area (TPSA) is 76.1 Å². The van der Waals surface area contributed by atoms with Crippen LogP contribution in [0.2, 0.25) is 0 Å². The minimum absolute atomic E-state index is 0.418. The fourth-order valence-corrected chi connectivity index (χ4v) is 2.86. The van der Waals surface area contributed by atoms with Gasteiger partial charge in [0.25, 0.3) is 0 Å². The zero-order chi connectivity index (χ0) is 16.4. The minimum Gasteiger partial charge on any atom is -0.467 e. The molecule has 3 atom stereocenters.